The summed E-state index contributed by atoms with van der Waals surface area (Å²) in [5.74, 6) is 1.35. The summed E-state index contributed by atoms with van der Waals surface area (Å²) in [6, 6.07) is 8.66. The smallest absolute Gasteiger partial charge is 0.258 e. The highest BCUT2D eigenvalue weighted by molar-refractivity contribution is 7.95. The normalized spacial score (nSPS) is 17.8. The van der Waals surface area contributed by atoms with Crippen LogP contribution in [-0.4, -0.2) is 35.6 Å². The van der Waals surface area contributed by atoms with Gasteiger partial charge in [-0.1, -0.05) is 24.3 Å². The average Bonchev–Trinajstić information content (AvgIpc) is 3.58. The third-order valence-electron chi connectivity index (χ3n) is 4.82. The van der Waals surface area contributed by atoms with Crippen LogP contribution in [0.2, 0.25) is 0 Å². The van der Waals surface area contributed by atoms with Crippen molar-refractivity contribution in [3.63, 3.8) is 0 Å². The Hall–Kier alpha value is -2.74. The third kappa shape index (κ3) is 5.00. The summed E-state index contributed by atoms with van der Waals surface area (Å²) >= 11 is 0. The summed E-state index contributed by atoms with van der Waals surface area (Å²) < 4.78 is 29.8. The number of benzene rings is 1. The third-order valence-corrected chi connectivity index (χ3v) is 6.76. The zero-order valence-electron chi connectivity index (χ0n) is 16.1. The molecule has 1 unspecified atom stereocenters. The van der Waals surface area contributed by atoms with Crippen molar-refractivity contribution in [1.82, 2.24) is 15.3 Å². The molecule has 2 aliphatic rings. The van der Waals surface area contributed by atoms with Gasteiger partial charge in [0.05, 0.1) is 5.25 Å². The Labute approximate surface area is 170 Å². The standard InChI is InChI=1S/C21H23N3O4S/c1-14(11-12-29(26,27)17-9-10-17)23-20(25)18-13-22-19(15-7-8-15)24-21(18)28-16-5-3-2-4-6-16/h2-6,11-15,17H,7-10H2,1H3,(H,23,25)/b12-11+. The largest absolute Gasteiger partial charge is 0.438 e. The van der Waals surface area contributed by atoms with Gasteiger partial charge in [0.25, 0.3) is 5.91 Å². The van der Waals surface area contributed by atoms with Crippen LogP contribution in [0.25, 0.3) is 0 Å². The van der Waals surface area contributed by atoms with Crippen LogP contribution in [0.1, 0.15) is 54.7 Å². The number of hydrogen-bond donors (Lipinski definition) is 1. The predicted octanol–water partition coefficient (Wildman–Crippen LogP) is 3.36. The maximum Gasteiger partial charge on any atom is 0.258 e. The number of rotatable bonds is 8. The highest BCUT2D eigenvalue weighted by Gasteiger charge is 2.33. The van der Waals surface area contributed by atoms with Crippen LogP contribution in [0, 0.1) is 0 Å². The molecule has 2 saturated carbocycles. The Morgan fingerprint density at radius 1 is 1.21 bits per heavy atom. The van der Waals surface area contributed by atoms with Gasteiger partial charge in [0.2, 0.25) is 5.88 Å². The highest BCUT2D eigenvalue weighted by atomic mass is 32.2. The first-order valence-corrected chi connectivity index (χ1v) is 11.4. The molecule has 1 amide bonds. The van der Waals surface area contributed by atoms with Gasteiger partial charge in [-0.15, -0.1) is 0 Å². The second-order valence-electron chi connectivity index (χ2n) is 7.52. The lowest BCUT2D eigenvalue weighted by Crippen LogP contribution is -2.32. The predicted molar refractivity (Wildman–Crippen MR) is 109 cm³/mol. The minimum absolute atomic E-state index is 0.201. The Balaban J connectivity index is 1.51. The molecule has 1 heterocycles. The average molecular weight is 413 g/mol. The molecule has 152 valence electrons. The van der Waals surface area contributed by atoms with Gasteiger partial charge >= 0.3 is 0 Å². The molecule has 1 atom stereocenters. The lowest BCUT2D eigenvalue weighted by molar-refractivity contribution is 0.0943. The number of aromatic nitrogens is 2. The van der Waals surface area contributed by atoms with Crippen LogP contribution >= 0.6 is 0 Å². The summed E-state index contributed by atoms with van der Waals surface area (Å²) in [4.78, 5) is 21.6. The van der Waals surface area contributed by atoms with Crippen LogP contribution in [0.3, 0.4) is 0 Å². The maximum absolute atomic E-state index is 12.8. The first-order valence-electron chi connectivity index (χ1n) is 9.75. The molecule has 0 bridgehead atoms. The van der Waals surface area contributed by atoms with Gasteiger partial charge in [-0.05, 0) is 44.7 Å². The van der Waals surface area contributed by atoms with Crippen molar-refractivity contribution in [2.45, 2.75) is 49.8 Å². The first kappa shape index (κ1) is 19.6. The van der Waals surface area contributed by atoms with E-state index in [0.717, 1.165) is 12.8 Å². The van der Waals surface area contributed by atoms with Crippen molar-refractivity contribution < 1.29 is 17.9 Å². The number of sulfone groups is 1. The zero-order valence-corrected chi connectivity index (χ0v) is 16.9. The van der Waals surface area contributed by atoms with Gasteiger partial charge in [0, 0.05) is 23.6 Å². The Kier molecular flexibility index (Phi) is 5.36. The number of amides is 1. The van der Waals surface area contributed by atoms with Gasteiger partial charge < -0.3 is 10.1 Å². The molecular weight excluding hydrogens is 390 g/mol. The van der Waals surface area contributed by atoms with Crippen LogP contribution in [0.5, 0.6) is 11.6 Å². The summed E-state index contributed by atoms with van der Waals surface area (Å²) in [5.41, 5.74) is 0.212. The Morgan fingerprint density at radius 2 is 1.93 bits per heavy atom. The number of carbonyl (C=O) groups excluding carboxylic acids is 1. The van der Waals surface area contributed by atoms with Crippen molar-refractivity contribution >= 4 is 15.7 Å². The van der Waals surface area contributed by atoms with E-state index in [1.807, 2.05) is 18.2 Å². The van der Waals surface area contributed by atoms with Crippen LogP contribution in [0.15, 0.2) is 48.0 Å². The van der Waals surface area contributed by atoms with E-state index < -0.39 is 21.8 Å². The molecule has 7 nitrogen and oxygen atoms in total. The molecule has 4 rings (SSSR count). The van der Waals surface area contributed by atoms with E-state index in [2.05, 4.69) is 15.3 Å². The van der Waals surface area contributed by atoms with Crippen LogP contribution < -0.4 is 10.1 Å². The molecule has 0 saturated heterocycles. The number of nitrogens with zero attached hydrogens (tertiary/aromatic N) is 2. The van der Waals surface area contributed by atoms with E-state index in [-0.39, 0.29) is 16.7 Å². The number of hydrogen-bond acceptors (Lipinski definition) is 6. The maximum atomic E-state index is 12.8. The zero-order chi connectivity index (χ0) is 20.4. The fourth-order valence-electron chi connectivity index (χ4n) is 2.82. The summed E-state index contributed by atoms with van der Waals surface area (Å²) in [6.45, 7) is 1.72. The Bertz CT molecular complexity index is 1030. The van der Waals surface area contributed by atoms with Crippen molar-refractivity contribution in [1.29, 1.82) is 0 Å². The molecule has 2 aromatic rings. The van der Waals surface area contributed by atoms with E-state index in [1.165, 1.54) is 17.7 Å². The Morgan fingerprint density at radius 3 is 2.59 bits per heavy atom. The van der Waals surface area contributed by atoms with E-state index in [4.69, 9.17) is 4.74 Å². The van der Waals surface area contributed by atoms with Gasteiger partial charge in [-0.3, -0.25) is 4.79 Å². The number of nitrogens with one attached hydrogen (secondary N) is 1. The van der Waals surface area contributed by atoms with E-state index in [1.54, 1.807) is 19.1 Å². The topological polar surface area (TPSA) is 98.2 Å². The van der Waals surface area contributed by atoms with Gasteiger partial charge in [0.15, 0.2) is 9.84 Å². The van der Waals surface area contributed by atoms with Crippen molar-refractivity contribution in [2.24, 2.45) is 0 Å². The molecule has 0 radical (unpaired) electrons. The molecule has 1 N–H and O–H groups in total. The summed E-state index contributed by atoms with van der Waals surface area (Å²) in [5, 5.41) is 3.70. The van der Waals surface area contributed by atoms with E-state index in [9.17, 15) is 13.2 Å². The van der Waals surface area contributed by atoms with Crippen molar-refractivity contribution in [3.8, 4) is 11.6 Å². The number of carbonyl (C=O) groups is 1. The van der Waals surface area contributed by atoms with Gasteiger partial charge in [-0.25, -0.2) is 13.4 Å². The van der Waals surface area contributed by atoms with Crippen molar-refractivity contribution in [3.05, 3.63) is 59.4 Å². The molecule has 29 heavy (non-hydrogen) atoms. The fourth-order valence-corrected chi connectivity index (χ4v) is 4.29. The molecule has 2 aliphatic carbocycles. The second kappa shape index (κ2) is 7.94. The van der Waals surface area contributed by atoms with Gasteiger partial charge in [0.1, 0.15) is 17.1 Å². The SMILES string of the molecule is CC(/C=C/S(=O)(=O)C1CC1)NC(=O)c1cnc(C2CC2)nc1Oc1ccccc1. The quantitative estimate of drug-likeness (QED) is 0.713. The number of ether oxygens (including phenoxy) is 1. The van der Waals surface area contributed by atoms with E-state index >= 15 is 0 Å². The highest BCUT2D eigenvalue weighted by Crippen LogP contribution is 2.39. The monoisotopic (exact) mass is 413 g/mol. The lowest BCUT2D eigenvalue weighted by Gasteiger charge is -2.13. The molecule has 1 aromatic heterocycles. The van der Waals surface area contributed by atoms with E-state index in [0.29, 0.717) is 30.3 Å². The lowest BCUT2D eigenvalue weighted by atomic mass is 10.2. The minimum Gasteiger partial charge on any atom is -0.438 e. The molecule has 1 aromatic carbocycles. The van der Waals surface area contributed by atoms with Crippen LogP contribution in [0.4, 0.5) is 0 Å². The molecule has 0 spiro atoms. The van der Waals surface area contributed by atoms with Gasteiger partial charge in [-0.2, -0.15) is 4.98 Å². The first-order chi connectivity index (χ1) is 13.9. The summed E-state index contributed by atoms with van der Waals surface area (Å²) in [6.07, 6.45) is 6.45. The van der Waals surface area contributed by atoms with Crippen molar-refractivity contribution in [2.75, 3.05) is 0 Å². The van der Waals surface area contributed by atoms with Crippen LogP contribution in [-0.2, 0) is 9.84 Å². The minimum atomic E-state index is -3.22. The molecule has 2 fully saturated rings. The molecular formula is C21H23N3O4S. The summed E-state index contributed by atoms with van der Waals surface area (Å²) in [7, 11) is -3.22. The number of para-hydroxylation sites is 1. The molecule has 0 aliphatic heterocycles. The molecule has 8 heteroatoms. The second-order valence-corrected chi connectivity index (χ2v) is 9.63. The fraction of sp³-hybridized carbons (Fsp3) is 0.381.